The first-order valence-corrected chi connectivity index (χ1v) is 8.92. The summed E-state index contributed by atoms with van der Waals surface area (Å²) < 4.78 is 0. The first-order chi connectivity index (χ1) is 10.4. The summed E-state index contributed by atoms with van der Waals surface area (Å²) in [5.41, 5.74) is 3.06. The molecule has 2 aliphatic carbocycles. The van der Waals surface area contributed by atoms with Crippen LogP contribution in [0.25, 0.3) is 0 Å². The molecule has 0 spiro atoms. The quantitative estimate of drug-likeness (QED) is 0.735. The highest BCUT2D eigenvalue weighted by atomic mass is 16.3. The van der Waals surface area contributed by atoms with E-state index in [9.17, 15) is 5.11 Å². The minimum Gasteiger partial charge on any atom is -0.396 e. The molecule has 0 unspecified atom stereocenters. The molecule has 2 saturated carbocycles. The maximum Gasteiger partial charge on any atom is 0.0614 e. The molecule has 2 heteroatoms. The van der Waals surface area contributed by atoms with Gasteiger partial charge in [-0.05, 0) is 68.1 Å². The minimum atomic E-state index is 0.0853. The van der Waals surface area contributed by atoms with Crippen molar-refractivity contribution in [2.75, 3.05) is 13.2 Å². The molecule has 0 amide bonds. The maximum absolute atomic E-state index is 9.98. The largest absolute Gasteiger partial charge is 0.396 e. The van der Waals surface area contributed by atoms with E-state index in [-0.39, 0.29) is 17.4 Å². The zero-order valence-corrected chi connectivity index (χ0v) is 14.7. The summed E-state index contributed by atoms with van der Waals surface area (Å²) in [6.07, 6.45) is 10.0. The fraction of sp³-hybridized carbons (Fsp3) is 0.800. The zero-order valence-electron chi connectivity index (χ0n) is 14.7. The second-order valence-corrected chi connectivity index (χ2v) is 8.25. The van der Waals surface area contributed by atoms with Crippen LogP contribution in [0, 0.1) is 22.7 Å². The van der Waals surface area contributed by atoms with Crippen molar-refractivity contribution in [3.8, 4) is 0 Å². The third-order valence-electron chi connectivity index (χ3n) is 6.77. The molecule has 2 nitrogen and oxygen atoms in total. The summed E-state index contributed by atoms with van der Waals surface area (Å²) in [5, 5.41) is 19.0. The predicted molar refractivity (Wildman–Crippen MR) is 92.6 cm³/mol. The molecule has 0 heterocycles. The Morgan fingerprint density at radius 3 is 2.68 bits per heavy atom. The van der Waals surface area contributed by atoms with Gasteiger partial charge in [-0.1, -0.05) is 44.1 Å². The molecule has 0 radical (unpaired) electrons. The topological polar surface area (TPSA) is 40.5 Å². The fourth-order valence-corrected chi connectivity index (χ4v) is 5.44. The Balaban J connectivity index is 2.20. The molecule has 0 aromatic rings. The van der Waals surface area contributed by atoms with Crippen molar-refractivity contribution < 1.29 is 10.2 Å². The van der Waals surface area contributed by atoms with Crippen molar-refractivity contribution in [1.29, 1.82) is 0 Å². The van der Waals surface area contributed by atoms with E-state index in [0.29, 0.717) is 18.4 Å². The summed E-state index contributed by atoms with van der Waals surface area (Å²) in [4.78, 5) is 0. The van der Waals surface area contributed by atoms with E-state index in [4.69, 9.17) is 5.11 Å². The minimum absolute atomic E-state index is 0.0853. The van der Waals surface area contributed by atoms with Crippen molar-refractivity contribution in [3.05, 3.63) is 23.8 Å². The second-order valence-electron chi connectivity index (χ2n) is 8.25. The molecule has 2 aliphatic rings. The van der Waals surface area contributed by atoms with Crippen LogP contribution < -0.4 is 0 Å². The number of aliphatic hydroxyl groups excluding tert-OH is 2. The van der Waals surface area contributed by atoms with Crippen molar-refractivity contribution in [3.63, 3.8) is 0 Å². The van der Waals surface area contributed by atoms with Crippen molar-refractivity contribution in [1.82, 2.24) is 0 Å². The Morgan fingerprint density at radius 2 is 2.05 bits per heavy atom. The van der Waals surface area contributed by atoms with Crippen molar-refractivity contribution in [2.24, 2.45) is 22.7 Å². The van der Waals surface area contributed by atoms with Gasteiger partial charge in [0.25, 0.3) is 0 Å². The molecular weight excluding hydrogens is 272 g/mol. The second kappa shape index (κ2) is 6.88. The number of aliphatic hydroxyl groups is 2. The lowest BCUT2D eigenvalue weighted by Gasteiger charge is -2.58. The first kappa shape index (κ1) is 17.7. The Morgan fingerprint density at radius 1 is 1.32 bits per heavy atom. The third-order valence-corrected chi connectivity index (χ3v) is 6.77. The highest BCUT2D eigenvalue weighted by molar-refractivity contribution is 5.17. The van der Waals surface area contributed by atoms with Gasteiger partial charge in [0.1, 0.15) is 0 Å². The van der Waals surface area contributed by atoms with Crippen LogP contribution >= 0.6 is 0 Å². The van der Waals surface area contributed by atoms with Crippen LogP contribution in [0.2, 0.25) is 0 Å². The number of rotatable bonds is 5. The van der Waals surface area contributed by atoms with Gasteiger partial charge in [0.15, 0.2) is 0 Å². The molecule has 4 atom stereocenters. The summed E-state index contributed by atoms with van der Waals surface area (Å²) in [6, 6.07) is 0. The summed E-state index contributed by atoms with van der Waals surface area (Å²) in [7, 11) is 0. The molecule has 0 bridgehead atoms. The van der Waals surface area contributed by atoms with Crippen LogP contribution in [-0.2, 0) is 0 Å². The van der Waals surface area contributed by atoms with Crippen molar-refractivity contribution >= 4 is 0 Å². The lowest BCUT2D eigenvalue weighted by atomic mass is 9.47. The summed E-state index contributed by atoms with van der Waals surface area (Å²) in [5.74, 6) is 1.16. The normalized spacial score (nSPS) is 39.7. The van der Waals surface area contributed by atoms with Crippen LogP contribution in [-0.4, -0.2) is 23.4 Å². The zero-order chi connectivity index (χ0) is 16.4. The molecule has 2 rings (SSSR count). The van der Waals surface area contributed by atoms with Gasteiger partial charge in [-0.25, -0.2) is 0 Å². The average Bonchev–Trinajstić information content (AvgIpc) is 2.46. The molecule has 2 N–H and O–H groups in total. The maximum atomic E-state index is 9.98. The average molecular weight is 306 g/mol. The standard InChI is InChI=1S/C20H34O2/c1-15(10-13-21)6-8-17-16(2)7-9-18-19(3,14-22)11-5-12-20(17,18)4/h10,17-18,21-22H,2,5-9,11-14H2,1,3-4H3/b15-10-/t17-,18+,19-,20+/m1/s1. The van der Waals surface area contributed by atoms with E-state index in [1.807, 2.05) is 6.08 Å². The number of allylic oxidation sites excluding steroid dienone is 2. The molecule has 22 heavy (non-hydrogen) atoms. The van der Waals surface area contributed by atoms with Gasteiger partial charge in [0.05, 0.1) is 6.61 Å². The number of hydrogen-bond acceptors (Lipinski definition) is 2. The summed E-state index contributed by atoms with van der Waals surface area (Å²) >= 11 is 0. The van der Waals surface area contributed by atoms with Gasteiger partial charge >= 0.3 is 0 Å². The van der Waals surface area contributed by atoms with Crippen LogP contribution in [0.15, 0.2) is 23.8 Å². The van der Waals surface area contributed by atoms with Gasteiger partial charge in [-0.3, -0.25) is 0 Å². The Labute approximate surface area is 136 Å². The van der Waals surface area contributed by atoms with Gasteiger partial charge in [0, 0.05) is 6.61 Å². The molecular formula is C20H34O2. The van der Waals surface area contributed by atoms with E-state index >= 15 is 0 Å². The lowest BCUT2D eigenvalue weighted by Crippen LogP contribution is -2.51. The van der Waals surface area contributed by atoms with Crippen molar-refractivity contribution in [2.45, 2.75) is 65.7 Å². The summed E-state index contributed by atoms with van der Waals surface area (Å²) in [6.45, 7) is 11.7. The van der Waals surface area contributed by atoms with Crippen LogP contribution in [0.3, 0.4) is 0 Å². The number of hydrogen-bond donors (Lipinski definition) is 2. The smallest absolute Gasteiger partial charge is 0.0614 e. The van der Waals surface area contributed by atoms with E-state index in [1.54, 1.807) is 0 Å². The molecule has 0 aromatic carbocycles. The third kappa shape index (κ3) is 3.19. The Hall–Kier alpha value is -0.600. The van der Waals surface area contributed by atoms with Gasteiger partial charge < -0.3 is 10.2 Å². The fourth-order valence-electron chi connectivity index (χ4n) is 5.44. The molecule has 0 aliphatic heterocycles. The Bertz CT molecular complexity index is 439. The van der Waals surface area contributed by atoms with Crippen LogP contribution in [0.5, 0.6) is 0 Å². The molecule has 2 fully saturated rings. The number of fused-ring (bicyclic) bond motifs is 1. The Kier molecular flexibility index (Phi) is 5.55. The SMILES string of the molecule is C=C1CC[C@H]2[C@@](C)(CO)CCC[C@@]2(C)[C@@H]1CC/C(C)=C\CO. The molecule has 126 valence electrons. The van der Waals surface area contributed by atoms with Gasteiger partial charge in [0.2, 0.25) is 0 Å². The van der Waals surface area contributed by atoms with E-state index in [0.717, 1.165) is 25.7 Å². The van der Waals surface area contributed by atoms with E-state index in [1.165, 1.54) is 30.4 Å². The van der Waals surface area contributed by atoms with Gasteiger partial charge in [-0.2, -0.15) is 0 Å². The molecule has 0 aromatic heterocycles. The van der Waals surface area contributed by atoms with E-state index in [2.05, 4.69) is 27.4 Å². The highest BCUT2D eigenvalue weighted by Crippen LogP contribution is 2.61. The van der Waals surface area contributed by atoms with Crippen LogP contribution in [0.4, 0.5) is 0 Å². The monoisotopic (exact) mass is 306 g/mol. The van der Waals surface area contributed by atoms with Crippen LogP contribution in [0.1, 0.15) is 65.7 Å². The first-order valence-electron chi connectivity index (χ1n) is 8.92. The molecule has 0 saturated heterocycles. The van der Waals surface area contributed by atoms with Gasteiger partial charge in [-0.15, -0.1) is 0 Å². The van der Waals surface area contributed by atoms with E-state index < -0.39 is 0 Å². The predicted octanol–water partition coefficient (Wildman–Crippen LogP) is 4.48. The highest BCUT2D eigenvalue weighted by Gasteiger charge is 2.53. The lowest BCUT2D eigenvalue weighted by molar-refractivity contribution is -0.0858.